The summed E-state index contributed by atoms with van der Waals surface area (Å²) in [5, 5.41) is 2.83. The number of carbonyl (C=O) groups excluding carboxylic acids is 4. The predicted octanol–water partition coefficient (Wildman–Crippen LogP) is 2.09. The maximum atomic E-state index is 12.6. The zero-order valence-electron chi connectivity index (χ0n) is 17.0. The Morgan fingerprint density at radius 2 is 1.69 bits per heavy atom. The quantitative estimate of drug-likeness (QED) is 0.690. The van der Waals surface area contributed by atoms with Crippen molar-refractivity contribution >= 4 is 23.9 Å². The van der Waals surface area contributed by atoms with Crippen molar-refractivity contribution in [3.05, 3.63) is 35.9 Å². The van der Waals surface area contributed by atoms with Crippen molar-refractivity contribution in [3.63, 3.8) is 0 Å². The van der Waals surface area contributed by atoms with Gasteiger partial charge in [-0.25, -0.2) is 9.59 Å². The molecule has 0 radical (unpaired) electrons. The second kappa shape index (κ2) is 9.51. The Balaban J connectivity index is 2.08. The van der Waals surface area contributed by atoms with E-state index in [4.69, 9.17) is 14.3 Å². The van der Waals surface area contributed by atoms with Gasteiger partial charge in [-0.15, -0.1) is 5.06 Å². The highest BCUT2D eigenvalue weighted by molar-refractivity contribution is 6.01. The van der Waals surface area contributed by atoms with E-state index in [1.54, 1.807) is 27.7 Å². The largest absolute Gasteiger partial charge is 0.444 e. The second-order valence-corrected chi connectivity index (χ2v) is 7.62. The Morgan fingerprint density at radius 3 is 2.24 bits per heavy atom. The summed E-state index contributed by atoms with van der Waals surface area (Å²) in [6.45, 7) is 6.79. The molecule has 0 aromatic heterocycles. The zero-order chi connectivity index (χ0) is 21.6. The first-order valence-corrected chi connectivity index (χ1v) is 9.29. The van der Waals surface area contributed by atoms with Crippen molar-refractivity contribution in [1.29, 1.82) is 0 Å². The van der Waals surface area contributed by atoms with E-state index in [9.17, 15) is 19.2 Å². The van der Waals surface area contributed by atoms with Gasteiger partial charge in [0.25, 0.3) is 11.8 Å². The number of nitrogens with one attached hydrogen (secondary N) is 1. The summed E-state index contributed by atoms with van der Waals surface area (Å²) < 4.78 is 10.9. The van der Waals surface area contributed by atoms with Gasteiger partial charge in [0.1, 0.15) is 5.60 Å². The normalized spacial score (nSPS) is 16.3. The van der Waals surface area contributed by atoms with E-state index in [-0.39, 0.29) is 19.4 Å². The molecular formula is C20H26N2O7. The molecule has 3 amide bonds. The van der Waals surface area contributed by atoms with Gasteiger partial charge in [-0.05, 0) is 33.3 Å². The molecule has 2 atom stereocenters. The van der Waals surface area contributed by atoms with Crippen LogP contribution in [0.1, 0.15) is 46.1 Å². The lowest BCUT2D eigenvalue weighted by molar-refractivity contribution is -0.201. The number of amides is 3. The molecule has 1 N–H and O–H groups in total. The summed E-state index contributed by atoms with van der Waals surface area (Å²) >= 11 is 0. The van der Waals surface area contributed by atoms with Gasteiger partial charge in [0.15, 0.2) is 6.04 Å². The number of hydroxylamine groups is 2. The molecule has 2 rings (SSSR count). The van der Waals surface area contributed by atoms with Gasteiger partial charge >= 0.3 is 12.1 Å². The van der Waals surface area contributed by atoms with Crippen LogP contribution in [0.3, 0.4) is 0 Å². The zero-order valence-corrected chi connectivity index (χ0v) is 17.0. The number of ether oxygens (including phenoxy) is 2. The molecule has 1 fully saturated rings. The fraction of sp³-hybridized carbons (Fsp3) is 0.500. The lowest BCUT2D eigenvalue weighted by Gasteiger charge is -2.27. The molecule has 0 spiro atoms. The molecule has 0 saturated carbocycles. The second-order valence-electron chi connectivity index (χ2n) is 7.62. The van der Waals surface area contributed by atoms with Crippen molar-refractivity contribution < 1.29 is 33.5 Å². The summed E-state index contributed by atoms with van der Waals surface area (Å²) in [4.78, 5) is 53.2. The Labute approximate surface area is 169 Å². The van der Waals surface area contributed by atoms with E-state index in [2.05, 4.69) is 5.32 Å². The van der Waals surface area contributed by atoms with Crippen molar-refractivity contribution in [1.82, 2.24) is 10.4 Å². The highest BCUT2D eigenvalue weighted by atomic mass is 16.7. The molecule has 0 bridgehead atoms. The van der Waals surface area contributed by atoms with Crippen LogP contribution < -0.4 is 5.32 Å². The van der Waals surface area contributed by atoms with Crippen LogP contribution in [-0.4, -0.2) is 46.7 Å². The topological polar surface area (TPSA) is 111 Å². The van der Waals surface area contributed by atoms with E-state index in [1.165, 1.54) is 0 Å². The van der Waals surface area contributed by atoms with E-state index < -0.39 is 41.6 Å². The molecule has 29 heavy (non-hydrogen) atoms. The standard InChI is InChI=1S/C20H26N2O7/c1-13(27-12-14-8-6-5-7-9-14)17(21-19(26)28-20(2,3)4)18(25)29-22-15(23)10-11-16(22)24/h5-9,13,17H,10-12H2,1-4H3,(H,21,26). The van der Waals surface area contributed by atoms with Crippen LogP contribution in [0.5, 0.6) is 0 Å². The summed E-state index contributed by atoms with van der Waals surface area (Å²) in [5.41, 5.74) is 0.0849. The van der Waals surface area contributed by atoms with Crippen molar-refractivity contribution in [2.75, 3.05) is 0 Å². The molecular weight excluding hydrogens is 380 g/mol. The fourth-order valence-electron chi connectivity index (χ4n) is 2.51. The first kappa shape index (κ1) is 22.4. The number of hydrogen-bond acceptors (Lipinski definition) is 7. The minimum absolute atomic E-state index is 0.0314. The highest BCUT2D eigenvalue weighted by Gasteiger charge is 2.38. The van der Waals surface area contributed by atoms with Crippen LogP contribution in [0.25, 0.3) is 0 Å². The molecule has 1 heterocycles. The van der Waals surface area contributed by atoms with Gasteiger partial charge in [0.2, 0.25) is 0 Å². The van der Waals surface area contributed by atoms with E-state index in [1.807, 2.05) is 30.3 Å². The SMILES string of the molecule is CC(OCc1ccccc1)C(NC(=O)OC(C)(C)C)C(=O)ON1C(=O)CCC1=O. The van der Waals surface area contributed by atoms with Gasteiger partial charge in [0, 0.05) is 12.8 Å². The third kappa shape index (κ3) is 6.86. The monoisotopic (exact) mass is 406 g/mol. The van der Waals surface area contributed by atoms with Crippen molar-refractivity contribution in [2.24, 2.45) is 0 Å². The first-order valence-electron chi connectivity index (χ1n) is 9.29. The van der Waals surface area contributed by atoms with E-state index in [0.717, 1.165) is 5.56 Å². The molecule has 1 aromatic rings. The van der Waals surface area contributed by atoms with Crippen LogP contribution >= 0.6 is 0 Å². The summed E-state index contributed by atoms with van der Waals surface area (Å²) in [6, 6.07) is 7.96. The number of alkyl carbamates (subject to hydrolysis) is 1. The van der Waals surface area contributed by atoms with Gasteiger partial charge in [-0.1, -0.05) is 30.3 Å². The fourth-order valence-corrected chi connectivity index (χ4v) is 2.51. The predicted molar refractivity (Wildman–Crippen MR) is 101 cm³/mol. The lowest BCUT2D eigenvalue weighted by Crippen LogP contribution is -2.52. The van der Waals surface area contributed by atoms with Gasteiger partial charge in [0.05, 0.1) is 12.7 Å². The number of rotatable bonds is 7. The molecule has 9 nitrogen and oxygen atoms in total. The molecule has 158 valence electrons. The number of imide groups is 1. The molecule has 9 heteroatoms. The molecule has 1 aliphatic heterocycles. The first-order chi connectivity index (χ1) is 13.6. The third-order valence-corrected chi connectivity index (χ3v) is 3.94. The molecule has 2 unspecified atom stereocenters. The maximum Gasteiger partial charge on any atom is 0.408 e. The van der Waals surface area contributed by atoms with Gasteiger partial charge < -0.3 is 19.6 Å². The van der Waals surface area contributed by atoms with Crippen LogP contribution in [-0.2, 0) is 35.3 Å². The number of carbonyl (C=O) groups is 4. The average molecular weight is 406 g/mol. The van der Waals surface area contributed by atoms with E-state index in [0.29, 0.717) is 5.06 Å². The van der Waals surface area contributed by atoms with Gasteiger partial charge in [-0.3, -0.25) is 9.59 Å². The Morgan fingerprint density at radius 1 is 1.10 bits per heavy atom. The minimum atomic E-state index is -1.30. The Kier molecular flexibility index (Phi) is 7.33. The van der Waals surface area contributed by atoms with Crippen molar-refractivity contribution in [2.45, 2.75) is 64.9 Å². The Hall–Kier alpha value is -2.94. The minimum Gasteiger partial charge on any atom is -0.444 e. The number of nitrogens with zero attached hydrogens (tertiary/aromatic N) is 1. The third-order valence-electron chi connectivity index (χ3n) is 3.94. The Bertz CT molecular complexity index is 742. The number of hydrogen-bond donors (Lipinski definition) is 1. The highest BCUT2D eigenvalue weighted by Crippen LogP contribution is 2.15. The maximum absolute atomic E-state index is 12.6. The summed E-state index contributed by atoms with van der Waals surface area (Å²) in [5.74, 6) is -2.23. The van der Waals surface area contributed by atoms with Gasteiger partial charge in [-0.2, -0.15) is 0 Å². The molecule has 0 aliphatic carbocycles. The van der Waals surface area contributed by atoms with Crippen molar-refractivity contribution in [3.8, 4) is 0 Å². The summed E-state index contributed by atoms with van der Waals surface area (Å²) in [7, 11) is 0. The smallest absolute Gasteiger partial charge is 0.408 e. The molecule has 1 saturated heterocycles. The summed E-state index contributed by atoms with van der Waals surface area (Å²) in [6.07, 6.45) is -1.75. The van der Waals surface area contributed by atoms with Crippen LogP contribution in [0.4, 0.5) is 4.79 Å². The number of benzene rings is 1. The average Bonchev–Trinajstić information content (AvgIpc) is 2.95. The van der Waals surface area contributed by atoms with Crippen LogP contribution in [0.2, 0.25) is 0 Å². The molecule has 1 aliphatic rings. The lowest BCUT2D eigenvalue weighted by atomic mass is 10.1. The molecule has 1 aromatic carbocycles. The van der Waals surface area contributed by atoms with Crippen LogP contribution in [0.15, 0.2) is 30.3 Å². The van der Waals surface area contributed by atoms with E-state index >= 15 is 0 Å². The van der Waals surface area contributed by atoms with Crippen LogP contribution in [0, 0.1) is 0 Å².